The molecule has 3 aromatic rings. The van der Waals surface area contributed by atoms with Crippen molar-refractivity contribution in [1.82, 2.24) is 4.98 Å². The van der Waals surface area contributed by atoms with Crippen LogP contribution in [0.4, 0.5) is 5.13 Å². The molecule has 0 unspecified atom stereocenters. The fourth-order valence-corrected chi connectivity index (χ4v) is 3.21. The second-order valence-electron chi connectivity index (χ2n) is 5.88. The lowest BCUT2D eigenvalue weighted by Crippen LogP contribution is -2.20. The van der Waals surface area contributed by atoms with Crippen LogP contribution in [0.5, 0.6) is 5.75 Å². The van der Waals surface area contributed by atoms with Crippen LogP contribution in [0.2, 0.25) is 0 Å². The summed E-state index contributed by atoms with van der Waals surface area (Å²) in [4.78, 5) is 17.4. The van der Waals surface area contributed by atoms with E-state index in [0.29, 0.717) is 10.9 Å². The number of nitrogens with zero attached hydrogens (tertiary/aromatic N) is 1. The van der Waals surface area contributed by atoms with Crippen molar-refractivity contribution in [3.8, 4) is 5.75 Å². The third-order valence-corrected chi connectivity index (χ3v) is 4.78. The van der Waals surface area contributed by atoms with Crippen LogP contribution >= 0.6 is 11.3 Å². The Balaban J connectivity index is 1.52. The number of benzene rings is 2. The highest BCUT2D eigenvalue weighted by molar-refractivity contribution is 7.15. The summed E-state index contributed by atoms with van der Waals surface area (Å²) in [6.45, 7) is 4.03. The molecular formula is C20H20N2O2S. The number of rotatable bonds is 6. The van der Waals surface area contributed by atoms with E-state index >= 15 is 0 Å². The first-order valence-corrected chi connectivity index (χ1v) is 8.90. The molecule has 1 N–H and O–H groups in total. The molecule has 1 heterocycles. The Morgan fingerprint density at radius 2 is 1.92 bits per heavy atom. The first-order chi connectivity index (χ1) is 12.1. The quantitative estimate of drug-likeness (QED) is 0.717. The average Bonchev–Trinajstić information content (AvgIpc) is 3.03. The van der Waals surface area contributed by atoms with E-state index in [0.717, 1.165) is 16.9 Å². The van der Waals surface area contributed by atoms with Crippen LogP contribution in [0.25, 0.3) is 0 Å². The molecule has 0 radical (unpaired) electrons. The summed E-state index contributed by atoms with van der Waals surface area (Å²) < 4.78 is 5.54. The van der Waals surface area contributed by atoms with E-state index in [9.17, 15) is 4.79 Å². The van der Waals surface area contributed by atoms with Gasteiger partial charge in [0.25, 0.3) is 5.91 Å². The number of anilines is 1. The van der Waals surface area contributed by atoms with E-state index < -0.39 is 0 Å². The highest BCUT2D eigenvalue weighted by Crippen LogP contribution is 2.21. The van der Waals surface area contributed by atoms with Gasteiger partial charge in [-0.3, -0.25) is 10.1 Å². The highest BCUT2D eigenvalue weighted by atomic mass is 32.1. The minimum atomic E-state index is -0.209. The van der Waals surface area contributed by atoms with Crippen LogP contribution in [-0.2, 0) is 11.2 Å². The number of aromatic nitrogens is 1. The summed E-state index contributed by atoms with van der Waals surface area (Å²) in [5, 5.41) is 3.38. The van der Waals surface area contributed by atoms with Crippen LogP contribution in [0, 0.1) is 13.8 Å². The maximum atomic E-state index is 12.0. The number of aryl methyl sites for hydroxylation is 2. The average molecular weight is 352 g/mol. The summed E-state index contributed by atoms with van der Waals surface area (Å²) >= 11 is 1.48. The summed E-state index contributed by atoms with van der Waals surface area (Å²) in [5.74, 6) is 0.487. The number of amides is 1. The number of hydrogen-bond acceptors (Lipinski definition) is 4. The monoisotopic (exact) mass is 352 g/mol. The SMILES string of the molecule is Cc1ccc(OCC(=O)Nc2ncc(Cc3ccccc3)s2)cc1C. The van der Waals surface area contributed by atoms with Gasteiger partial charge in [-0.15, -0.1) is 11.3 Å². The summed E-state index contributed by atoms with van der Waals surface area (Å²) in [6.07, 6.45) is 2.62. The van der Waals surface area contributed by atoms with Crippen molar-refractivity contribution in [2.45, 2.75) is 20.3 Å². The lowest BCUT2D eigenvalue weighted by atomic mass is 10.1. The second kappa shape index (κ2) is 7.94. The molecule has 25 heavy (non-hydrogen) atoms. The number of thiazole rings is 1. The molecule has 0 atom stereocenters. The molecule has 4 nitrogen and oxygen atoms in total. The van der Waals surface area contributed by atoms with Crippen molar-refractivity contribution >= 4 is 22.4 Å². The topological polar surface area (TPSA) is 51.2 Å². The van der Waals surface area contributed by atoms with Gasteiger partial charge in [0.2, 0.25) is 0 Å². The Bertz CT molecular complexity index is 859. The molecule has 0 saturated heterocycles. The molecule has 3 rings (SSSR count). The minimum Gasteiger partial charge on any atom is -0.484 e. The van der Waals surface area contributed by atoms with Gasteiger partial charge in [0.15, 0.2) is 11.7 Å². The third kappa shape index (κ3) is 4.90. The number of carbonyl (C=O) groups is 1. The zero-order valence-corrected chi connectivity index (χ0v) is 15.1. The molecule has 1 aromatic heterocycles. The van der Waals surface area contributed by atoms with Crippen molar-refractivity contribution in [2.75, 3.05) is 11.9 Å². The van der Waals surface area contributed by atoms with E-state index in [1.807, 2.05) is 50.2 Å². The Labute approximate surface area is 151 Å². The molecule has 0 fully saturated rings. The highest BCUT2D eigenvalue weighted by Gasteiger charge is 2.08. The number of nitrogens with one attached hydrogen (secondary N) is 1. The molecule has 0 saturated carbocycles. The second-order valence-corrected chi connectivity index (χ2v) is 6.99. The minimum absolute atomic E-state index is 0.0316. The molecule has 1 amide bonds. The van der Waals surface area contributed by atoms with Gasteiger partial charge in [0.05, 0.1) is 0 Å². The van der Waals surface area contributed by atoms with Crippen LogP contribution in [0.1, 0.15) is 21.6 Å². The van der Waals surface area contributed by atoms with Gasteiger partial charge in [-0.25, -0.2) is 4.98 Å². The largest absolute Gasteiger partial charge is 0.484 e. The Kier molecular flexibility index (Phi) is 5.46. The smallest absolute Gasteiger partial charge is 0.264 e. The Morgan fingerprint density at radius 3 is 2.68 bits per heavy atom. The van der Waals surface area contributed by atoms with Crippen LogP contribution < -0.4 is 10.1 Å². The fourth-order valence-electron chi connectivity index (χ4n) is 2.35. The van der Waals surface area contributed by atoms with Gasteiger partial charge >= 0.3 is 0 Å². The van der Waals surface area contributed by atoms with Crippen molar-refractivity contribution < 1.29 is 9.53 Å². The first kappa shape index (κ1) is 17.2. The number of ether oxygens (including phenoxy) is 1. The van der Waals surface area contributed by atoms with Gasteiger partial charge in [-0.05, 0) is 42.7 Å². The fraction of sp³-hybridized carbons (Fsp3) is 0.200. The summed E-state index contributed by atoms with van der Waals surface area (Å²) in [6, 6.07) is 16.0. The van der Waals surface area contributed by atoms with Gasteiger partial charge in [-0.2, -0.15) is 0 Å². The van der Waals surface area contributed by atoms with E-state index in [-0.39, 0.29) is 12.5 Å². The van der Waals surface area contributed by atoms with E-state index in [2.05, 4.69) is 22.4 Å². The molecule has 0 aliphatic rings. The molecule has 0 spiro atoms. The molecule has 2 aromatic carbocycles. The van der Waals surface area contributed by atoms with E-state index in [1.165, 1.54) is 22.5 Å². The molecule has 5 heteroatoms. The molecule has 0 bridgehead atoms. The van der Waals surface area contributed by atoms with Crippen LogP contribution in [0.15, 0.2) is 54.7 Å². The molecule has 128 valence electrons. The van der Waals surface area contributed by atoms with E-state index in [4.69, 9.17) is 4.74 Å². The number of carbonyl (C=O) groups excluding carboxylic acids is 1. The predicted octanol–water partition coefficient (Wildman–Crippen LogP) is 4.37. The zero-order valence-electron chi connectivity index (χ0n) is 14.3. The standard InChI is InChI=1S/C20H20N2O2S/c1-14-8-9-17(10-15(14)2)24-13-19(23)22-20-21-12-18(25-20)11-16-6-4-3-5-7-16/h3-10,12H,11,13H2,1-2H3,(H,21,22,23). The van der Waals surface area contributed by atoms with Gasteiger partial charge < -0.3 is 4.74 Å². The van der Waals surface area contributed by atoms with Crippen molar-refractivity contribution in [3.05, 3.63) is 76.3 Å². The maximum Gasteiger partial charge on any atom is 0.264 e. The maximum absolute atomic E-state index is 12.0. The third-order valence-electron chi connectivity index (χ3n) is 3.87. The predicted molar refractivity (Wildman–Crippen MR) is 101 cm³/mol. The van der Waals surface area contributed by atoms with E-state index in [1.54, 1.807) is 6.20 Å². The molecule has 0 aliphatic heterocycles. The summed E-state index contributed by atoms with van der Waals surface area (Å²) in [5.41, 5.74) is 3.57. The number of hydrogen-bond donors (Lipinski definition) is 1. The molecule has 0 aliphatic carbocycles. The van der Waals surface area contributed by atoms with Crippen molar-refractivity contribution in [2.24, 2.45) is 0 Å². The van der Waals surface area contributed by atoms with Gasteiger partial charge in [0, 0.05) is 17.5 Å². The lowest BCUT2D eigenvalue weighted by molar-refractivity contribution is -0.118. The lowest BCUT2D eigenvalue weighted by Gasteiger charge is -2.07. The molecular weight excluding hydrogens is 332 g/mol. The van der Waals surface area contributed by atoms with Gasteiger partial charge in [-0.1, -0.05) is 36.4 Å². The Hall–Kier alpha value is -2.66. The Morgan fingerprint density at radius 1 is 1.12 bits per heavy atom. The van der Waals surface area contributed by atoms with Gasteiger partial charge in [0.1, 0.15) is 5.75 Å². The van der Waals surface area contributed by atoms with Crippen molar-refractivity contribution in [1.29, 1.82) is 0 Å². The normalized spacial score (nSPS) is 10.5. The van der Waals surface area contributed by atoms with Crippen molar-refractivity contribution in [3.63, 3.8) is 0 Å². The first-order valence-electron chi connectivity index (χ1n) is 8.09. The zero-order chi connectivity index (χ0) is 17.6. The van der Waals surface area contributed by atoms with Crippen LogP contribution in [0.3, 0.4) is 0 Å². The summed E-state index contributed by atoms with van der Waals surface area (Å²) in [7, 11) is 0. The van der Waals surface area contributed by atoms with Crippen LogP contribution in [-0.4, -0.2) is 17.5 Å².